The number of carbonyl (C=O) groups excluding carboxylic acids is 2. The van der Waals surface area contributed by atoms with Crippen LogP contribution in [0.25, 0.3) is 0 Å². The number of aliphatic imine (C=N–C) groups is 1. The predicted octanol–water partition coefficient (Wildman–Crippen LogP) is 3.18. The molecule has 0 saturated carbocycles. The fourth-order valence-corrected chi connectivity index (χ4v) is 3.05. The molecule has 0 spiro atoms. The molecule has 10 heteroatoms. The van der Waals surface area contributed by atoms with Crippen molar-refractivity contribution < 1.29 is 41.0 Å². The second-order valence-corrected chi connectivity index (χ2v) is 5.71. The van der Waals surface area contributed by atoms with Gasteiger partial charge in [-0.2, -0.15) is 0 Å². The lowest BCUT2D eigenvalue weighted by atomic mass is 9.75. The lowest BCUT2D eigenvalue weighted by Crippen LogP contribution is -2.37. The summed E-state index contributed by atoms with van der Waals surface area (Å²) in [6, 6.07) is 0. The summed E-state index contributed by atoms with van der Waals surface area (Å²) in [5.74, 6) is -16.8. The molecule has 1 aliphatic heterocycles. The van der Waals surface area contributed by atoms with E-state index in [2.05, 4.69) is 14.5 Å². The van der Waals surface area contributed by atoms with Crippen molar-refractivity contribution in [3.05, 3.63) is 45.9 Å². The van der Waals surface area contributed by atoms with E-state index in [0.717, 1.165) is 14.2 Å². The molecular formula is C17H14F5NO4. The molecule has 0 radical (unpaired) electrons. The van der Waals surface area contributed by atoms with E-state index in [1.54, 1.807) is 0 Å². The summed E-state index contributed by atoms with van der Waals surface area (Å²) in [5.41, 5.74) is -1.97. The Morgan fingerprint density at radius 1 is 0.852 bits per heavy atom. The summed E-state index contributed by atoms with van der Waals surface area (Å²) in [6.07, 6.45) is 0. The molecule has 0 aromatic heterocycles. The highest BCUT2D eigenvalue weighted by atomic mass is 19.2. The van der Waals surface area contributed by atoms with Crippen molar-refractivity contribution >= 4 is 17.7 Å². The van der Waals surface area contributed by atoms with Gasteiger partial charge in [0.1, 0.15) is 5.92 Å². The number of hydrogen-bond acceptors (Lipinski definition) is 5. The van der Waals surface area contributed by atoms with Gasteiger partial charge >= 0.3 is 11.9 Å². The summed E-state index contributed by atoms with van der Waals surface area (Å²) in [5, 5.41) is 0. The van der Waals surface area contributed by atoms with Crippen molar-refractivity contribution in [1.82, 2.24) is 0 Å². The number of esters is 2. The van der Waals surface area contributed by atoms with Crippen LogP contribution >= 0.6 is 0 Å². The normalized spacial score (nSPS) is 19.7. The maximum Gasteiger partial charge on any atom is 0.336 e. The van der Waals surface area contributed by atoms with Crippen LogP contribution in [0.1, 0.15) is 25.3 Å². The van der Waals surface area contributed by atoms with E-state index >= 15 is 0 Å². The zero-order valence-corrected chi connectivity index (χ0v) is 14.6. The third kappa shape index (κ3) is 3.19. The number of halogens is 5. The van der Waals surface area contributed by atoms with Gasteiger partial charge in [-0.3, -0.25) is 9.79 Å². The van der Waals surface area contributed by atoms with Crippen molar-refractivity contribution in [2.24, 2.45) is 10.9 Å². The Balaban J connectivity index is 2.93. The molecule has 0 saturated heterocycles. The van der Waals surface area contributed by atoms with E-state index in [0.29, 0.717) is 0 Å². The van der Waals surface area contributed by atoms with Crippen molar-refractivity contribution in [3.8, 4) is 0 Å². The lowest BCUT2D eigenvalue weighted by Gasteiger charge is -2.31. The van der Waals surface area contributed by atoms with Crippen LogP contribution in [0.4, 0.5) is 22.0 Å². The highest BCUT2D eigenvalue weighted by Crippen LogP contribution is 2.43. The molecule has 5 nitrogen and oxygen atoms in total. The Labute approximate surface area is 150 Å². The van der Waals surface area contributed by atoms with Crippen molar-refractivity contribution in [3.63, 3.8) is 0 Å². The third-order valence-electron chi connectivity index (χ3n) is 4.24. The van der Waals surface area contributed by atoms with Crippen LogP contribution in [-0.2, 0) is 19.1 Å². The van der Waals surface area contributed by atoms with Gasteiger partial charge in [-0.15, -0.1) is 0 Å². The first-order chi connectivity index (χ1) is 12.6. The highest BCUT2D eigenvalue weighted by Gasteiger charge is 2.46. The van der Waals surface area contributed by atoms with E-state index in [1.165, 1.54) is 13.8 Å². The molecule has 1 aliphatic rings. The van der Waals surface area contributed by atoms with E-state index in [4.69, 9.17) is 0 Å². The topological polar surface area (TPSA) is 65.0 Å². The summed E-state index contributed by atoms with van der Waals surface area (Å²) in [6.45, 7) is 2.58. The molecular weight excluding hydrogens is 377 g/mol. The minimum absolute atomic E-state index is 0.0269. The third-order valence-corrected chi connectivity index (χ3v) is 4.24. The van der Waals surface area contributed by atoms with Crippen LogP contribution in [0, 0.1) is 35.0 Å². The number of carbonyl (C=O) groups is 2. The molecule has 146 valence electrons. The Morgan fingerprint density at radius 3 is 1.78 bits per heavy atom. The molecule has 2 unspecified atom stereocenters. The van der Waals surface area contributed by atoms with Crippen LogP contribution in [0.2, 0.25) is 0 Å². The van der Waals surface area contributed by atoms with E-state index in [1.807, 2.05) is 0 Å². The molecule has 2 atom stereocenters. The van der Waals surface area contributed by atoms with Gasteiger partial charge in [-0.1, -0.05) is 0 Å². The Kier molecular flexibility index (Phi) is 5.67. The summed E-state index contributed by atoms with van der Waals surface area (Å²) < 4.78 is 78.9. The molecule has 0 aliphatic carbocycles. The standard InChI is InChI=1S/C17H14F5NO4/c1-5-7(16(24)26-3)9(8(6(2)23-5)17(25)27-4)10-11(18)13(20)15(22)14(21)12(10)19/h7,9H,1-4H3. The van der Waals surface area contributed by atoms with Crippen molar-refractivity contribution in [2.45, 2.75) is 19.8 Å². The minimum Gasteiger partial charge on any atom is -0.468 e. The van der Waals surface area contributed by atoms with Crippen LogP contribution in [0.15, 0.2) is 16.3 Å². The molecule has 2 rings (SSSR count). The number of allylic oxidation sites excluding steroid dienone is 1. The molecule has 0 bridgehead atoms. The number of rotatable bonds is 3. The number of nitrogens with zero attached hydrogens (tertiary/aromatic N) is 1. The average molecular weight is 391 g/mol. The van der Waals surface area contributed by atoms with Crippen molar-refractivity contribution in [2.75, 3.05) is 14.2 Å². The van der Waals surface area contributed by atoms with Gasteiger partial charge in [0.2, 0.25) is 5.82 Å². The van der Waals surface area contributed by atoms with Gasteiger partial charge in [-0.25, -0.2) is 26.7 Å². The maximum absolute atomic E-state index is 14.4. The molecule has 0 amide bonds. The van der Waals surface area contributed by atoms with Crippen LogP contribution in [0.3, 0.4) is 0 Å². The number of benzene rings is 1. The summed E-state index contributed by atoms with van der Waals surface area (Å²) in [7, 11) is 1.92. The summed E-state index contributed by atoms with van der Waals surface area (Å²) >= 11 is 0. The van der Waals surface area contributed by atoms with Gasteiger partial charge in [0, 0.05) is 22.9 Å². The molecule has 0 N–H and O–H groups in total. The Hall–Kier alpha value is -2.78. The van der Waals surface area contributed by atoms with Gasteiger partial charge in [-0.05, 0) is 13.8 Å². The Morgan fingerprint density at radius 2 is 1.33 bits per heavy atom. The maximum atomic E-state index is 14.4. The van der Waals surface area contributed by atoms with Crippen LogP contribution in [0.5, 0.6) is 0 Å². The van der Waals surface area contributed by atoms with Gasteiger partial charge < -0.3 is 9.47 Å². The van der Waals surface area contributed by atoms with Crippen molar-refractivity contribution in [1.29, 1.82) is 0 Å². The van der Waals surface area contributed by atoms with Gasteiger partial charge in [0.15, 0.2) is 23.3 Å². The zero-order chi connectivity index (χ0) is 20.6. The summed E-state index contributed by atoms with van der Waals surface area (Å²) in [4.78, 5) is 28.3. The molecule has 0 fully saturated rings. The van der Waals surface area contributed by atoms with Crippen LogP contribution < -0.4 is 0 Å². The van der Waals surface area contributed by atoms with Gasteiger partial charge in [0.05, 0.1) is 19.8 Å². The molecule has 1 heterocycles. The first kappa shape index (κ1) is 20.5. The van der Waals surface area contributed by atoms with E-state index < -0.39 is 64.0 Å². The fourth-order valence-electron chi connectivity index (χ4n) is 3.05. The van der Waals surface area contributed by atoms with E-state index in [9.17, 15) is 31.5 Å². The fraction of sp³-hybridized carbons (Fsp3) is 0.353. The second-order valence-electron chi connectivity index (χ2n) is 5.71. The first-order valence-electron chi connectivity index (χ1n) is 7.51. The lowest BCUT2D eigenvalue weighted by molar-refractivity contribution is -0.143. The SMILES string of the molecule is COC(=O)C1=C(C)N=C(C)C(C(=O)OC)C1c1c(F)c(F)c(F)c(F)c1F. The smallest absolute Gasteiger partial charge is 0.336 e. The largest absolute Gasteiger partial charge is 0.468 e. The number of hydrogen-bond donors (Lipinski definition) is 0. The van der Waals surface area contributed by atoms with E-state index in [-0.39, 0.29) is 11.4 Å². The zero-order valence-electron chi connectivity index (χ0n) is 14.6. The average Bonchev–Trinajstić information content (AvgIpc) is 2.63. The molecule has 27 heavy (non-hydrogen) atoms. The minimum atomic E-state index is -2.36. The predicted molar refractivity (Wildman–Crippen MR) is 82.3 cm³/mol. The molecule has 1 aromatic rings. The number of methoxy groups -OCH3 is 2. The quantitative estimate of drug-likeness (QED) is 0.344. The first-order valence-corrected chi connectivity index (χ1v) is 7.51. The van der Waals surface area contributed by atoms with Gasteiger partial charge in [0.25, 0.3) is 0 Å². The van der Waals surface area contributed by atoms with Crippen LogP contribution in [-0.4, -0.2) is 31.9 Å². The second kappa shape index (κ2) is 7.45. The highest BCUT2D eigenvalue weighted by molar-refractivity contribution is 6.07. The number of ether oxygens (including phenoxy) is 2. The Bertz CT molecular complexity index is 865. The molecule has 1 aromatic carbocycles. The monoisotopic (exact) mass is 391 g/mol.